The van der Waals surface area contributed by atoms with Gasteiger partial charge in [-0.1, -0.05) is 17.7 Å². The van der Waals surface area contributed by atoms with Crippen molar-refractivity contribution in [3.05, 3.63) is 64.1 Å². The molecule has 4 rings (SSSR count). The van der Waals surface area contributed by atoms with Crippen molar-refractivity contribution in [3.8, 4) is 5.75 Å². The lowest BCUT2D eigenvalue weighted by Crippen LogP contribution is -2.26. The smallest absolute Gasteiger partial charge is 0.352 e. The second-order valence-corrected chi connectivity index (χ2v) is 8.01. The summed E-state index contributed by atoms with van der Waals surface area (Å²) in [6.45, 7) is 2.00. The average Bonchev–Trinajstić information content (AvgIpc) is 3.36. The molecule has 31 heavy (non-hydrogen) atoms. The quantitative estimate of drug-likeness (QED) is 0.534. The molecule has 164 valence electrons. The molecule has 2 heterocycles. The molecule has 0 unspecified atom stereocenters. The molecule has 2 N–H and O–H groups in total. The van der Waals surface area contributed by atoms with Crippen molar-refractivity contribution in [1.29, 1.82) is 0 Å². The molecule has 1 fully saturated rings. The van der Waals surface area contributed by atoms with Crippen molar-refractivity contribution in [2.75, 3.05) is 20.3 Å². The van der Waals surface area contributed by atoms with Gasteiger partial charge in [-0.05, 0) is 42.7 Å². The standard InChI is InChI=1S/C23H24ClFN2O4/c1-30-16-6-7-18-19(12-26-11-17-3-2-8-31-17)22(23(28)29)27(21(18)10-16)13-14-4-5-15(25)9-20(14)24/h4-7,9-10,17,26H,2-3,8,11-13H2,1H3,(H,28,29)/t17-/m0/s1. The van der Waals surface area contributed by atoms with Gasteiger partial charge in [-0.3, -0.25) is 0 Å². The molecule has 1 aliphatic rings. The highest BCUT2D eigenvalue weighted by Crippen LogP contribution is 2.32. The lowest BCUT2D eigenvalue weighted by atomic mass is 10.1. The average molecular weight is 447 g/mol. The van der Waals surface area contributed by atoms with E-state index in [2.05, 4.69) is 5.32 Å². The van der Waals surface area contributed by atoms with Crippen LogP contribution in [0, 0.1) is 5.82 Å². The van der Waals surface area contributed by atoms with Crippen LogP contribution in [-0.2, 0) is 17.8 Å². The number of methoxy groups -OCH3 is 1. The van der Waals surface area contributed by atoms with Gasteiger partial charge in [0.15, 0.2) is 0 Å². The number of nitrogens with zero attached hydrogens (tertiary/aromatic N) is 1. The van der Waals surface area contributed by atoms with E-state index in [0.29, 0.717) is 35.5 Å². The molecule has 0 aliphatic carbocycles. The predicted molar refractivity (Wildman–Crippen MR) is 117 cm³/mol. The fraction of sp³-hybridized carbons (Fsp3) is 0.348. The first-order chi connectivity index (χ1) is 15.0. The fourth-order valence-corrected chi connectivity index (χ4v) is 4.33. The molecule has 3 aromatic rings. The number of carboxylic acids is 1. The van der Waals surface area contributed by atoms with Crippen LogP contribution in [0.4, 0.5) is 4.39 Å². The highest BCUT2D eigenvalue weighted by atomic mass is 35.5. The Labute approximate surface area is 184 Å². The minimum atomic E-state index is -1.04. The van der Waals surface area contributed by atoms with E-state index in [4.69, 9.17) is 21.1 Å². The highest BCUT2D eigenvalue weighted by Gasteiger charge is 2.24. The maximum Gasteiger partial charge on any atom is 0.352 e. The van der Waals surface area contributed by atoms with Gasteiger partial charge in [-0.25, -0.2) is 9.18 Å². The topological polar surface area (TPSA) is 72.7 Å². The van der Waals surface area contributed by atoms with Crippen LogP contribution in [0.3, 0.4) is 0 Å². The largest absolute Gasteiger partial charge is 0.497 e. The Hall–Kier alpha value is -2.61. The van der Waals surface area contributed by atoms with E-state index < -0.39 is 11.8 Å². The summed E-state index contributed by atoms with van der Waals surface area (Å²) in [5.41, 5.74) is 2.19. The summed E-state index contributed by atoms with van der Waals surface area (Å²) in [5.74, 6) is -0.861. The second kappa shape index (κ2) is 9.26. The van der Waals surface area contributed by atoms with Crippen molar-refractivity contribution in [1.82, 2.24) is 9.88 Å². The monoisotopic (exact) mass is 446 g/mol. The molecular formula is C23H24ClFN2O4. The van der Waals surface area contributed by atoms with Crippen LogP contribution < -0.4 is 10.1 Å². The van der Waals surface area contributed by atoms with Crippen LogP contribution in [0.15, 0.2) is 36.4 Å². The second-order valence-electron chi connectivity index (χ2n) is 7.60. The number of ether oxygens (including phenoxy) is 2. The van der Waals surface area contributed by atoms with Crippen molar-refractivity contribution >= 4 is 28.5 Å². The number of benzene rings is 2. The minimum Gasteiger partial charge on any atom is -0.497 e. The summed E-state index contributed by atoms with van der Waals surface area (Å²) in [7, 11) is 1.56. The van der Waals surface area contributed by atoms with Gasteiger partial charge in [-0.2, -0.15) is 0 Å². The highest BCUT2D eigenvalue weighted by molar-refractivity contribution is 6.31. The number of carbonyl (C=O) groups is 1. The van der Waals surface area contributed by atoms with E-state index in [1.807, 2.05) is 18.2 Å². The summed E-state index contributed by atoms with van der Waals surface area (Å²) < 4.78 is 26.2. The number of nitrogens with one attached hydrogen (secondary N) is 1. The zero-order valence-corrected chi connectivity index (χ0v) is 17.9. The number of aromatic carboxylic acids is 1. The Bertz CT molecular complexity index is 1110. The molecule has 1 aliphatic heterocycles. The summed E-state index contributed by atoms with van der Waals surface area (Å²) in [6, 6.07) is 9.61. The summed E-state index contributed by atoms with van der Waals surface area (Å²) >= 11 is 6.23. The van der Waals surface area contributed by atoms with Crippen LogP contribution in [0.5, 0.6) is 5.75 Å². The van der Waals surface area contributed by atoms with Crippen LogP contribution in [0.2, 0.25) is 5.02 Å². The molecule has 1 atom stereocenters. The first-order valence-corrected chi connectivity index (χ1v) is 10.5. The van der Waals surface area contributed by atoms with Gasteiger partial charge in [0, 0.05) is 48.3 Å². The molecule has 0 spiro atoms. The molecular weight excluding hydrogens is 423 g/mol. The van der Waals surface area contributed by atoms with Crippen molar-refractivity contribution in [2.24, 2.45) is 0 Å². The van der Waals surface area contributed by atoms with E-state index in [1.54, 1.807) is 17.7 Å². The number of hydrogen-bond acceptors (Lipinski definition) is 4. The normalized spacial score (nSPS) is 16.2. The molecule has 2 aromatic carbocycles. The van der Waals surface area contributed by atoms with Crippen molar-refractivity contribution in [2.45, 2.75) is 32.0 Å². The Kier molecular flexibility index (Phi) is 6.46. The van der Waals surface area contributed by atoms with E-state index in [-0.39, 0.29) is 23.4 Å². The number of carboxylic acid groups (broad SMARTS) is 1. The third kappa shape index (κ3) is 4.54. The van der Waals surface area contributed by atoms with E-state index in [1.165, 1.54) is 12.1 Å². The van der Waals surface area contributed by atoms with Crippen LogP contribution in [0.1, 0.15) is 34.5 Å². The van der Waals surface area contributed by atoms with Gasteiger partial charge < -0.3 is 24.5 Å². The first-order valence-electron chi connectivity index (χ1n) is 10.2. The molecule has 8 heteroatoms. The lowest BCUT2D eigenvalue weighted by Gasteiger charge is -2.12. The molecule has 0 saturated carbocycles. The maximum atomic E-state index is 13.5. The predicted octanol–water partition coefficient (Wildman–Crippen LogP) is 4.46. The summed E-state index contributed by atoms with van der Waals surface area (Å²) in [6.07, 6.45) is 2.20. The lowest BCUT2D eigenvalue weighted by molar-refractivity contribution is 0.0684. The molecule has 0 radical (unpaired) electrons. The number of aromatic nitrogens is 1. The number of fused-ring (bicyclic) bond motifs is 1. The fourth-order valence-electron chi connectivity index (χ4n) is 4.10. The molecule has 1 aromatic heterocycles. The SMILES string of the molecule is COc1ccc2c(CNC[C@@H]3CCCO3)c(C(=O)O)n(Cc3ccc(F)cc3Cl)c2c1. The van der Waals surface area contributed by atoms with Gasteiger partial charge in [0.2, 0.25) is 0 Å². The first kappa shape index (κ1) is 21.6. The third-order valence-corrected chi connectivity index (χ3v) is 5.97. The van der Waals surface area contributed by atoms with Gasteiger partial charge in [0.1, 0.15) is 17.3 Å². The zero-order valence-electron chi connectivity index (χ0n) is 17.2. The Balaban J connectivity index is 1.76. The van der Waals surface area contributed by atoms with Crippen LogP contribution >= 0.6 is 11.6 Å². The Morgan fingerprint density at radius 2 is 2.19 bits per heavy atom. The number of hydrogen-bond donors (Lipinski definition) is 2. The van der Waals surface area contributed by atoms with Crippen LogP contribution in [-0.4, -0.2) is 42.0 Å². The van der Waals surface area contributed by atoms with Gasteiger partial charge in [0.05, 0.1) is 18.7 Å². The number of halogens is 2. The molecule has 0 bridgehead atoms. The molecule has 1 saturated heterocycles. The molecule has 0 amide bonds. The third-order valence-electron chi connectivity index (χ3n) is 5.62. The van der Waals surface area contributed by atoms with E-state index >= 15 is 0 Å². The van der Waals surface area contributed by atoms with Crippen LogP contribution in [0.25, 0.3) is 10.9 Å². The van der Waals surface area contributed by atoms with Gasteiger partial charge in [0.25, 0.3) is 0 Å². The Morgan fingerprint density at radius 1 is 1.35 bits per heavy atom. The number of rotatable bonds is 8. The molecule has 6 nitrogen and oxygen atoms in total. The maximum absolute atomic E-state index is 13.5. The van der Waals surface area contributed by atoms with Gasteiger partial charge in [-0.15, -0.1) is 0 Å². The Morgan fingerprint density at radius 3 is 2.87 bits per heavy atom. The van der Waals surface area contributed by atoms with E-state index in [0.717, 1.165) is 24.8 Å². The van der Waals surface area contributed by atoms with Crippen molar-refractivity contribution < 1.29 is 23.8 Å². The summed E-state index contributed by atoms with van der Waals surface area (Å²) in [5, 5.41) is 14.5. The van der Waals surface area contributed by atoms with Gasteiger partial charge >= 0.3 is 5.97 Å². The summed E-state index contributed by atoms with van der Waals surface area (Å²) in [4.78, 5) is 12.3. The zero-order chi connectivity index (χ0) is 22.0. The van der Waals surface area contributed by atoms with Crippen molar-refractivity contribution in [3.63, 3.8) is 0 Å². The minimum absolute atomic E-state index is 0.153. The van der Waals surface area contributed by atoms with E-state index in [9.17, 15) is 14.3 Å².